The van der Waals surface area contributed by atoms with Crippen LogP contribution in [-0.2, 0) is 28.7 Å². The molecule has 8 nitrogen and oxygen atoms in total. The number of rotatable bonds is 22. The number of aliphatic hydroxyl groups is 1. The maximum Gasteiger partial charge on any atom is 0.339 e. The fourth-order valence-corrected chi connectivity index (χ4v) is 3.71. The van der Waals surface area contributed by atoms with E-state index in [0.717, 1.165) is 44.9 Å². The lowest BCUT2D eigenvalue weighted by Gasteiger charge is -2.24. The van der Waals surface area contributed by atoms with Gasteiger partial charge in [-0.3, -0.25) is 14.4 Å². The van der Waals surface area contributed by atoms with Crippen molar-refractivity contribution in [2.75, 3.05) is 6.61 Å². The summed E-state index contributed by atoms with van der Waals surface area (Å²) in [5.41, 5.74) is -2.54. The molecule has 2 atom stereocenters. The van der Waals surface area contributed by atoms with Gasteiger partial charge in [0, 0.05) is 0 Å². The quantitative estimate of drug-likeness (QED) is 0.159. The Hall–Kier alpha value is -1.96. The van der Waals surface area contributed by atoms with Gasteiger partial charge in [0.05, 0.1) is 19.4 Å². The second-order valence-electron chi connectivity index (χ2n) is 9.18. The average molecular weight is 487 g/mol. The number of esters is 2. The summed E-state index contributed by atoms with van der Waals surface area (Å²) in [6.07, 6.45) is 10.7. The van der Waals surface area contributed by atoms with Gasteiger partial charge < -0.3 is 19.7 Å². The van der Waals surface area contributed by atoms with Gasteiger partial charge >= 0.3 is 17.9 Å². The van der Waals surface area contributed by atoms with Gasteiger partial charge in [-0.2, -0.15) is 0 Å². The minimum atomic E-state index is -2.54. The van der Waals surface area contributed by atoms with Gasteiger partial charge in [0.15, 0.2) is 17.5 Å². The van der Waals surface area contributed by atoms with Crippen LogP contribution in [0.2, 0.25) is 0 Å². The van der Waals surface area contributed by atoms with Crippen molar-refractivity contribution in [1.29, 1.82) is 0 Å². The molecule has 0 aliphatic rings. The number of carbonyl (C=O) groups excluding carboxylic acids is 3. The number of Topliss-reactive ketones (excluding diaryl/α,β-unsaturated/α-hetero) is 1. The topological polar surface area (TPSA) is 127 Å². The molecule has 0 aromatic carbocycles. The number of ether oxygens (including phenoxy) is 2. The Morgan fingerprint density at radius 1 is 0.765 bits per heavy atom. The van der Waals surface area contributed by atoms with Gasteiger partial charge in [-0.05, 0) is 26.2 Å². The normalized spacial score (nSPS) is 13.6. The van der Waals surface area contributed by atoms with Gasteiger partial charge in [-0.1, -0.05) is 84.5 Å². The van der Waals surface area contributed by atoms with Crippen LogP contribution < -0.4 is 0 Å². The lowest BCUT2D eigenvalue weighted by atomic mass is 9.95. The third-order valence-electron chi connectivity index (χ3n) is 5.79. The Kier molecular flexibility index (Phi) is 18.2. The first-order valence-corrected chi connectivity index (χ1v) is 13.0. The van der Waals surface area contributed by atoms with Crippen molar-refractivity contribution in [2.45, 2.75) is 135 Å². The Labute approximate surface area is 204 Å². The van der Waals surface area contributed by atoms with E-state index in [4.69, 9.17) is 14.6 Å². The van der Waals surface area contributed by atoms with E-state index in [1.807, 2.05) is 0 Å². The highest BCUT2D eigenvalue weighted by atomic mass is 16.6. The van der Waals surface area contributed by atoms with E-state index in [9.17, 15) is 24.3 Å². The summed E-state index contributed by atoms with van der Waals surface area (Å²) >= 11 is 0. The third kappa shape index (κ3) is 15.8. The second-order valence-corrected chi connectivity index (χ2v) is 9.18. The van der Waals surface area contributed by atoms with Crippen LogP contribution in [-0.4, -0.2) is 52.2 Å². The third-order valence-corrected chi connectivity index (χ3v) is 5.79. The van der Waals surface area contributed by atoms with Crippen LogP contribution in [0.3, 0.4) is 0 Å². The molecule has 198 valence electrons. The number of carboxylic acid groups (broad SMARTS) is 1. The molecule has 0 aromatic rings. The maximum absolute atomic E-state index is 12.4. The molecule has 0 aliphatic heterocycles. The minimum absolute atomic E-state index is 0.0403. The van der Waals surface area contributed by atoms with E-state index in [-0.39, 0.29) is 12.4 Å². The number of ketones is 1. The zero-order valence-electron chi connectivity index (χ0n) is 21.4. The monoisotopic (exact) mass is 486 g/mol. The van der Waals surface area contributed by atoms with Crippen molar-refractivity contribution < 1.29 is 38.9 Å². The summed E-state index contributed by atoms with van der Waals surface area (Å²) in [7, 11) is 0. The molecular weight excluding hydrogens is 440 g/mol. The second kappa shape index (κ2) is 19.4. The Balaban J connectivity index is 4.63. The van der Waals surface area contributed by atoms with Crippen LogP contribution in [0.25, 0.3) is 0 Å². The van der Waals surface area contributed by atoms with Gasteiger partial charge in [0.2, 0.25) is 0 Å². The van der Waals surface area contributed by atoms with E-state index >= 15 is 0 Å². The number of hydrogen-bond donors (Lipinski definition) is 2. The Morgan fingerprint density at radius 3 is 1.76 bits per heavy atom. The maximum atomic E-state index is 12.4. The number of carboxylic acids is 1. The molecule has 0 fully saturated rings. The molecule has 0 aliphatic carbocycles. The van der Waals surface area contributed by atoms with Crippen LogP contribution in [0.15, 0.2) is 0 Å². The van der Waals surface area contributed by atoms with E-state index in [0.29, 0.717) is 19.3 Å². The molecule has 0 amide bonds. The van der Waals surface area contributed by atoms with Gasteiger partial charge in [0.1, 0.15) is 0 Å². The molecule has 2 unspecified atom stereocenters. The molecule has 2 N–H and O–H groups in total. The number of carbonyl (C=O) groups is 4. The summed E-state index contributed by atoms with van der Waals surface area (Å²) in [6, 6.07) is 0. The fraction of sp³-hybridized carbons (Fsp3) is 0.846. The predicted octanol–water partition coefficient (Wildman–Crippen LogP) is 5.13. The summed E-state index contributed by atoms with van der Waals surface area (Å²) in [5.74, 6) is -3.93. The lowest BCUT2D eigenvalue weighted by molar-refractivity contribution is -0.178. The number of aliphatic carboxylic acids is 1. The molecule has 34 heavy (non-hydrogen) atoms. The van der Waals surface area contributed by atoms with Crippen LogP contribution in [0.5, 0.6) is 0 Å². The standard InChI is InChI=1S/C26H46O8/c1-4-6-8-10-11-12-14-16-18-33-25(31)26(32,19-23(28)29)20-24(30)34-22(21(3)27)17-15-13-9-7-5-2/h22,32H,4-20H2,1-3H3,(H,28,29). The van der Waals surface area contributed by atoms with Crippen molar-refractivity contribution in [3.8, 4) is 0 Å². The van der Waals surface area contributed by atoms with Crippen LogP contribution in [0.4, 0.5) is 0 Å². The molecule has 0 heterocycles. The van der Waals surface area contributed by atoms with Gasteiger partial charge in [-0.25, -0.2) is 4.79 Å². The fourth-order valence-electron chi connectivity index (χ4n) is 3.71. The molecular formula is C26H46O8. The van der Waals surface area contributed by atoms with E-state index in [2.05, 4.69) is 13.8 Å². The van der Waals surface area contributed by atoms with Gasteiger partial charge in [0.25, 0.3) is 0 Å². The molecule has 8 heteroatoms. The highest BCUT2D eigenvalue weighted by Gasteiger charge is 2.43. The summed E-state index contributed by atoms with van der Waals surface area (Å²) < 4.78 is 10.3. The van der Waals surface area contributed by atoms with Gasteiger partial charge in [-0.15, -0.1) is 0 Å². The van der Waals surface area contributed by atoms with Crippen molar-refractivity contribution in [1.82, 2.24) is 0 Å². The zero-order valence-corrected chi connectivity index (χ0v) is 21.4. The molecule has 0 radical (unpaired) electrons. The van der Waals surface area contributed by atoms with E-state index in [1.54, 1.807) is 0 Å². The smallest absolute Gasteiger partial charge is 0.339 e. The molecule has 0 saturated heterocycles. The van der Waals surface area contributed by atoms with Crippen molar-refractivity contribution in [2.24, 2.45) is 0 Å². The molecule has 0 bridgehead atoms. The predicted molar refractivity (Wildman–Crippen MR) is 129 cm³/mol. The average Bonchev–Trinajstić information content (AvgIpc) is 2.76. The largest absolute Gasteiger partial charge is 0.481 e. The molecule has 0 saturated carbocycles. The zero-order chi connectivity index (χ0) is 25.8. The highest BCUT2D eigenvalue weighted by Crippen LogP contribution is 2.21. The van der Waals surface area contributed by atoms with E-state index < -0.39 is 42.5 Å². The lowest BCUT2D eigenvalue weighted by Crippen LogP contribution is -2.45. The number of hydrogen-bond acceptors (Lipinski definition) is 7. The number of unbranched alkanes of at least 4 members (excludes halogenated alkanes) is 11. The molecule has 0 spiro atoms. The first kappa shape index (κ1) is 32.0. The minimum Gasteiger partial charge on any atom is -0.481 e. The molecule has 0 aromatic heterocycles. The van der Waals surface area contributed by atoms with Crippen molar-refractivity contribution >= 4 is 23.7 Å². The first-order chi connectivity index (χ1) is 16.2. The summed E-state index contributed by atoms with van der Waals surface area (Å²) in [6.45, 7) is 5.61. The van der Waals surface area contributed by atoms with E-state index in [1.165, 1.54) is 32.6 Å². The summed E-state index contributed by atoms with van der Waals surface area (Å²) in [5, 5.41) is 19.8. The molecule has 0 rings (SSSR count). The van der Waals surface area contributed by atoms with Crippen LogP contribution in [0.1, 0.15) is 124 Å². The SMILES string of the molecule is CCCCCCCCCCOC(=O)C(O)(CC(=O)O)CC(=O)OC(CCCCCCC)C(C)=O. The Morgan fingerprint density at radius 2 is 1.26 bits per heavy atom. The first-order valence-electron chi connectivity index (χ1n) is 13.0. The van der Waals surface area contributed by atoms with Crippen LogP contribution >= 0.6 is 0 Å². The van der Waals surface area contributed by atoms with Crippen molar-refractivity contribution in [3.05, 3.63) is 0 Å². The van der Waals surface area contributed by atoms with Crippen LogP contribution in [0, 0.1) is 0 Å². The Bertz CT molecular complexity index is 604. The highest BCUT2D eigenvalue weighted by molar-refractivity contribution is 5.90. The van der Waals surface area contributed by atoms with Crippen molar-refractivity contribution in [3.63, 3.8) is 0 Å². The summed E-state index contributed by atoms with van der Waals surface area (Å²) in [4.78, 5) is 47.9.